The summed E-state index contributed by atoms with van der Waals surface area (Å²) in [7, 11) is 1.38. The van der Waals surface area contributed by atoms with Crippen molar-refractivity contribution in [1.82, 2.24) is 4.98 Å². The number of esters is 1. The molecule has 0 radical (unpaired) electrons. The minimum atomic E-state index is -0.327. The average Bonchev–Trinajstić information content (AvgIpc) is 2.83. The first-order valence-corrected chi connectivity index (χ1v) is 4.67. The fraction of sp³-hybridized carbons (Fsp3) is 0.500. The third kappa shape index (κ3) is 1.34. The second kappa shape index (κ2) is 2.86. The number of rotatable bonds is 2. The molecule has 0 aromatic carbocycles. The molecule has 1 aromatic rings. The fourth-order valence-corrected chi connectivity index (χ4v) is 2.03. The van der Waals surface area contributed by atoms with Crippen molar-refractivity contribution in [2.45, 2.75) is 18.8 Å². The molecule has 0 bridgehead atoms. The standard InChI is InChI=1S/C8H9NO2S/c1-11-8(10)7-9-4-6(12-7)5-2-3-5/h4-5H,2-3H2,1H3. The van der Waals surface area contributed by atoms with Crippen molar-refractivity contribution in [1.29, 1.82) is 0 Å². The zero-order valence-electron chi connectivity index (χ0n) is 6.74. The number of hydrogen-bond acceptors (Lipinski definition) is 4. The smallest absolute Gasteiger partial charge is 0.367 e. The lowest BCUT2D eigenvalue weighted by Gasteiger charge is -1.90. The predicted molar refractivity (Wildman–Crippen MR) is 45.4 cm³/mol. The van der Waals surface area contributed by atoms with Crippen molar-refractivity contribution in [2.75, 3.05) is 7.11 Å². The van der Waals surface area contributed by atoms with Crippen LogP contribution in [0.3, 0.4) is 0 Å². The Labute approximate surface area is 74.4 Å². The molecule has 0 spiro atoms. The van der Waals surface area contributed by atoms with E-state index in [0.29, 0.717) is 10.9 Å². The Bertz CT molecular complexity index is 304. The summed E-state index contributed by atoms with van der Waals surface area (Å²) in [4.78, 5) is 16.2. The second-order valence-electron chi connectivity index (χ2n) is 2.83. The zero-order chi connectivity index (χ0) is 8.55. The largest absolute Gasteiger partial charge is 0.464 e. The van der Waals surface area contributed by atoms with Crippen LogP contribution >= 0.6 is 11.3 Å². The van der Waals surface area contributed by atoms with Gasteiger partial charge < -0.3 is 4.74 Å². The Morgan fingerprint density at radius 1 is 1.75 bits per heavy atom. The Morgan fingerprint density at radius 3 is 3.08 bits per heavy atom. The summed E-state index contributed by atoms with van der Waals surface area (Å²) >= 11 is 1.45. The van der Waals surface area contributed by atoms with Gasteiger partial charge in [0.25, 0.3) is 0 Å². The van der Waals surface area contributed by atoms with Crippen molar-refractivity contribution >= 4 is 17.3 Å². The first-order valence-electron chi connectivity index (χ1n) is 3.85. The number of thiazole rings is 1. The molecule has 12 heavy (non-hydrogen) atoms. The zero-order valence-corrected chi connectivity index (χ0v) is 7.56. The number of carbonyl (C=O) groups is 1. The molecule has 64 valence electrons. The van der Waals surface area contributed by atoms with Crippen LogP contribution in [0.4, 0.5) is 0 Å². The molecular formula is C8H9NO2S. The van der Waals surface area contributed by atoms with Crippen LogP contribution in [-0.4, -0.2) is 18.1 Å². The Kier molecular flexibility index (Phi) is 1.84. The van der Waals surface area contributed by atoms with Crippen LogP contribution in [0.5, 0.6) is 0 Å². The SMILES string of the molecule is COC(=O)c1ncc(C2CC2)s1. The van der Waals surface area contributed by atoms with Crippen LogP contribution in [0.15, 0.2) is 6.20 Å². The molecule has 1 aliphatic rings. The van der Waals surface area contributed by atoms with E-state index in [4.69, 9.17) is 0 Å². The number of nitrogens with zero attached hydrogens (tertiary/aromatic N) is 1. The van der Waals surface area contributed by atoms with Gasteiger partial charge in [-0.1, -0.05) is 0 Å². The van der Waals surface area contributed by atoms with Gasteiger partial charge in [0.2, 0.25) is 5.01 Å². The maximum atomic E-state index is 11.0. The van der Waals surface area contributed by atoms with E-state index in [0.717, 1.165) is 0 Å². The summed E-state index contributed by atoms with van der Waals surface area (Å²) in [5, 5.41) is 0.472. The normalized spacial score (nSPS) is 16.1. The van der Waals surface area contributed by atoms with E-state index >= 15 is 0 Å². The van der Waals surface area contributed by atoms with Gasteiger partial charge in [-0.3, -0.25) is 0 Å². The molecule has 0 aliphatic heterocycles. The van der Waals surface area contributed by atoms with Gasteiger partial charge in [0.05, 0.1) is 7.11 Å². The first kappa shape index (κ1) is 7.73. The predicted octanol–water partition coefficient (Wildman–Crippen LogP) is 1.81. The van der Waals surface area contributed by atoms with E-state index in [-0.39, 0.29) is 5.97 Å². The van der Waals surface area contributed by atoms with Gasteiger partial charge in [-0.15, -0.1) is 11.3 Å². The molecule has 1 aliphatic carbocycles. The van der Waals surface area contributed by atoms with Gasteiger partial charge in [-0.05, 0) is 18.8 Å². The molecule has 0 unspecified atom stereocenters. The van der Waals surface area contributed by atoms with Crippen molar-refractivity contribution in [3.05, 3.63) is 16.1 Å². The number of hydrogen-bond donors (Lipinski definition) is 0. The average molecular weight is 183 g/mol. The lowest BCUT2D eigenvalue weighted by Crippen LogP contribution is -1.98. The second-order valence-corrected chi connectivity index (χ2v) is 3.90. The third-order valence-electron chi connectivity index (χ3n) is 1.86. The molecule has 3 nitrogen and oxygen atoms in total. The van der Waals surface area contributed by atoms with E-state index < -0.39 is 0 Å². The molecule has 0 saturated heterocycles. The van der Waals surface area contributed by atoms with Gasteiger partial charge in [0.15, 0.2) is 0 Å². The Hall–Kier alpha value is -0.900. The molecule has 0 N–H and O–H groups in total. The number of methoxy groups -OCH3 is 1. The van der Waals surface area contributed by atoms with Gasteiger partial charge in [-0.25, -0.2) is 9.78 Å². The van der Waals surface area contributed by atoms with Crippen molar-refractivity contribution in [2.24, 2.45) is 0 Å². The lowest BCUT2D eigenvalue weighted by atomic mass is 10.4. The van der Waals surface area contributed by atoms with E-state index in [1.165, 1.54) is 36.2 Å². The molecule has 2 rings (SSSR count). The number of carbonyl (C=O) groups excluding carboxylic acids is 1. The highest BCUT2D eigenvalue weighted by Crippen LogP contribution is 2.42. The highest BCUT2D eigenvalue weighted by atomic mass is 32.1. The summed E-state index contributed by atoms with van der Waals surface area (Å²) in [5.74, 6) is 0.341. The van der Waals surface area contributed by atoms with Gasteiger partial charge in [0.1, 0.15) is 0 Å². The first-order chi connectivity index (χ1) is 5.81. The maximum absolute atomic E-state index is 11.0. The minimum absolute atomic E-state index is 0.327. The van der Waals surface area contributed by atoms with E-state index in [1.807, 2.05) is 0 Å². The van der Waals surface area contributed by atoms with Crippen LogP contribution in [0.2, 0.25) is 0 Å². The molecule has 1 saturated carbocycles. The van der Waals surface area contributed by atoms with Gasteiger partial charge >= 0.3 is 5.97 Å². The van der Waals surface area contributed by atoms with E-state index in [9.17, 15) is 4.79 Å². The van der Waals surface area contributed by atoms with Crippen molar-refractivity contribution in [3.63, 3.8) is 0 Å². The maximum Gasteiger partial charge on any atom is 0.367 e. The van der Waals surface area contributed by atoms with Crippen molar-refractivity contribution in [3.8, 4) is 0 Å². The van der Waals surface area contributed by atoms with Crippen molar-refractivity contribution < 1.29 is 9.53 Å². The van der Waals surface area contributed by atoms with Crippen LogP contribution in [0, 0.1) is 0 Å². The minimum Gasteiger partial charge on any atom is -0.464 e. The summed E-state index contributed by atoms with van der Waals surface area (Å²) in [6, 6.07) is 0. The van der Waals surface area contributed by atoms with E-state index in [1.54, 1.807) is 6.20 Å². The van der Waals surface area contributed by atoms with Crippen LogP contribution in [-0.2, 0) is 4.74 Å². The molecule has 1 aromatic heterocycles. The summed E-state index contributed by atoms with van der Waals surface area (Å²) in [6.07, 6.45) is 4.26. The highest BCUT2D eigenvalue weighted by molar-refractivity contribution is 7.13. The van der Waals surface area contributed by atoms with Crippen LogP contribution in [0.25, 0.3) is 0 Å². The molecule has 4 heteroatoms. The Morgan fingerprint density at radius 2 is 2.50 bits per heavy atom. The topological polar surface area (TPSA) is 39.2 Å². The molecule has 0 amide bonds. The molecule has 0 atom stereocenters. The monoisotopic (exact) mass is 183 g/mol. The molecule has 1 fully saturated rings. The lowest BCUT2D eigenvalue weighted by molar-refractivity contribution is 0.0600. The summed E-state index contributed by atoms with van der Waals surface area (Å²) in [5.41, 5.74) is 0. The van der Waals surface area contributed by atoms with Gasteiger partial charge in [0, 0.05) is 11.1 Å². The highest BCUT2D eigenvalue weighted by Gasteiger charge is 2.26. The van der Waals surface area contributed by atoms with E-state index in [2.05, 4.69) is 9.72 Å². The summed E-state index contributed by atoms with van der Waals surface area (Å²) < 4.78 is 4.56. The number of aromatic nitrogens is 1. The summed E-state index contributed by atoms with van der Waals surface area (Å²) in [6.45, 7) is 0. The molecule has 1 heterocycles. The quantitative estimate of drug-likeness (QED) is 0.656. The fourth-order valence-electron chi connectivity index (χ4n) is 1.02. The number of ether oxygens (including phenoxy) is 1. The Balaban J connectivity index is 2.17. The van der Waals surface area contributed by atoms with Gasteiger partial charge in [-0.2, -0.15) is 0 Å². The molecular weight excluding hydrogens is 174 g/mol. The third-order valence-corrected chi connectivity index (χ3v) is 3.00. The van der Waals surface area contributed by atoms with Crippen LogP contribution in [0.1, 0.15) is 33.4 Å². The van der Waals surface area contributed by atoms with Crippen LogP contribution < -0.4 is 0 Å².